The van der Waals surface area contributed by atoms with Gasteiger partial charge in [-0.2, -0.15) is 0 Å². The lowest BCUT2D eigenvalue weighted by Gasteiger charge is -2.32. The molecule has 0 saturated heterocycles. The van der Waals surface area contributed by atoms with Crippen LogP contribution >= 0.6 is 23.1 Å². The Morgan fingerprint density at radius 2 is 2.12 bits per heavy atom. The first-order valence-electron chi connectivity index (χ1n) is 11.3. The summed E-state index contributed by atoms with van der Waals surface area (Å²) in [5.74, 6) is -0.156. The zero-order valence-corrected chi connectivity index (χ0v) is 21.8. The van der Waals surface area contributed by atoms with E-state index < -0.39 is 40.9 Å². The number of nitro benzene ring substituents is 1. The third-order valence-corrected chi connectivity index (χ3v) is 7.52. The van der Waals surface area contributed by atoms with Crippen molar-refractivity contribution in [2.75, 3.05) is 17.7 Å². The van der Waals surface area contributed by atoms with Gasteiger partial charge in [0.2, 0.25) is 12.5 Å². The van der Waals surface area contributed by atoms with Crippen molar-refractivity contribution in [1.82, 2.24) is 10.3 Å². The number of thiazole rings is 1. The number of nitrogens with one attached hydrogen (secondary N) is 2. The summed E-state index contributed by atoms with van der Waals surface area (Å²) in [6.45, 7) is -0.484. The molecule has 0 fully saturated rings. The Kier molecular flexibility index (Phi) is 8.83. The number of hydrogen-bond acceptors (Lipinski definition) is 13. The highest BCUT2D eigenvalue weighted by atomic mass is 32.2. The number of aliphatic hydroxyl groups is 1. The van der Waals surface area contributed by atoms with Crippen LogP contribution in [0.5, 0.6) is 0 Å². The number of hydrogen-bond donors (Lipinski definition) is 3. The number of carbonyl (C=O) groups is 4. The molecule has 15 nitrogen and oxygen atoms in total. The van der Waals surface area contributed by atoms with E-state index in [2.05, 4.69) is 26.7 Å². The summed E-state index contributed by atoms with van der Waals surface area (Å²) in [6, 6.07) is 2.87. The molecule has 206 valence electrons. The minimum absolute atomic E-state index is 0.0435. The molecule has 1 aromatic heterocycles. The van der Waals surface area contributed by atoms with Crippen molar-refractivity contribution >= 4 is 68.9 Å². The van der Waals surface area contributed by atoms with Crippen LogP contribution in [0.15, 0.2) is 34.8 Å². The molecule has 17 heteroatoms. The van der Waals surface area contributed by atoms with Crippen LogP contribution in [0.3, 0.4) is 0 Å². The van der Waals surface area contributed by atoms with Gasteiger partial charge in [-0.05, 0) is 17.7 Å². The Bertz CT molecular complexity index is 1460. The zero-order chi connectivity index (χ0) is 28.8. The number of anilines is 1. The molecule has 3 amide bonds. The fourth-order valence-electron chi connectivity index (χ4n) is 3.66. The largest absolute Gasteiger partial charge is 0.456 e. The monoisotopic (exact) mass is 587 g/mol. The molecule has 3 heterocycles. The van der Waals surface area contributed by atoms with Gasteiger partial charge < -0.3 is 25.3 Å². The zero-order valence-electron chi connectivity index (χ0n) is 20.2. The predicted molar refractivity (Wildman–Crippen MR) is 140 cm³/mol. The molecule has 40 heavy (non-hydrogen) atoms. The second-order valence-electron chi connectivity index (χ2n) is 8.02. The second-order valence-corrected chi connectivity index (χ2v) is 9.92. The van der Waals surface area contributed by atoms with Crippen molar-refractivity contribution in [2.24, 2.45) is 5.16 Å². The van der Waals surface area contributed by atoms with E-state index in [0.717, 1.165) is 27.7 Å². The van der Waals surface area contributed by atoms with E-state index >= 15 is 0 Å². The SMILES string of the molecule is C#CCON=C(C(=O)NC1C(=O)[N+]2=C1SCC(O)C2C(=O)OCc1ccc([N+](=O)[O-])cc1)c1csc(NC=O)n1. The Morgan fingerprint density at radius 1 is 1.38 bits per heavy atom. The van der Waals surface area contributed by atoms with E-state index in [9.17, 15) is 34.4 Å². The number of ether oxygens (including phenoxy) is 1. The number of aliphatic hydroxyl groups excluding tert-OH is 1. The van der Waals surface area contributed by atoms with Crippen LogP contribution in [0.4, 0.5) is 10.8 Å². The molecule has 0 spiro atoms. The lowest BCUT2D eigenvalue weighted by atomic mass is 10.0. The molecular weight excluding hydrogens is 568 g/mol. The van der Waals surface area contributed by atoms with Crippen LogP contribution in [-0.4, -0.2) is 85.1 Å². The number of thioether (sulfide) groups is 1. The molecule has 3 atom stereocenters. The molecule has 2 aliphatic rings. The van der Waals surface area contributed by atoms with Crippen molar-refractivity contribution in [1.29, 1.82) is 0 Å². The van der Waals surface area contributed by atoms with Crippen molar-refractivity contribution in [2.45, 2.75) is 24.8 Å². The van der Waals surface area contributed by atoms with Gasteiger partial charge in [-0.15, -0.1) is 22.3 Å². The first-order valence-corrected chi connectivity index (χ1v) is 13.1. The molecule has 0 bridgehead atoms. The minimum atomic E-state index is -1.35. The number of amides is 3. The highest BCUT2D eigenvalue weighted by molar-refractivity contribution is 8.14. The van der Waals surface area contributed by atoms with Gasteiger partial charge in [0.25, 0.3) is 22.7 Å². The molecule has 2 aromatic rings. The lowest BCUT2D eigenvalue weighted by molar-refractivity contribution is -0.505. The van der Waals surface area contributed by atoms with Gasteiger partial charge in [0.15, 0.2) is 17.5 Å². The Hall–Kier alpha value is -4.66. The number of esters is 1. The summed E-state index contributed by atoms with van der Waals surface area (Å²) < 4.78 is 6.32. The van der Waals surface area contributed by atoms with E-state index in [1.54, 1.807) is 0 Å². The van der Waals surface area contributed by atoms with E-state index in [1.807, 2.05) is 0 Å². The summed E-state index contributed by atoms with van der Waals surface area (Å²) >= 11 is 2.10. The van der Waals surface area contributed by atoms with Gasteiger partial charge in [-0.25, -0.2) is 14.6 Å². The van der Waals surface area contributed by atoms with Crippen molar-refractivity contribution in [3.05, 3.63) is 51.0 Å². The van der Waals surface area contributed by atoms with Crippen molar-refractivity contribution in [3.8, 4) is 12.3 Å². The summed E-state index contributed by atoms with van der Waals surface area (Å²) in [7, 11) is 0. The number of benzene rings is 1. The maximum absolute atomic E-state index is 13.1. The van der Waals surface area contributed by atoms with Crippen LogP contribution < -0.4 is 10.6 Å². The van der Waals surface area contributed by atoms with Crippen LogP contribution in [0.25, 0.3) is 0 Å². The molecule has 0 radical (unpaired) electrons. The topological polar surface area (TPSA) is 202 Å². The fourth-order valence-corrected chi connectivity index (χ4v) is 5.51. The average Bonchev–Trinajstić information content (AvgIpc) is 3.41. The summed E-state index contributed by atoms with van der Waals surface area (Å²) in [6.07, 6.45) is 4.32. The van der Waals surface area contributed by atoms with Crippen molar-refractivity contribution in [3.63, 3.8) is 0 Å². The molecule has 3 N–H and O–H groups in total. The van der Waals surface area contributed by atoms with E-state index in [0.29, 0.717) is 17.0 Å². The molecule has 0 aliphatic carbocycles. The highest BCUT2D eigenvalue weighted by Gasteiger charge is 2.61. The van der Waals surface area contributed by atoms with Crippen LogP contribution in [0.2, 0.25) is 0 Å². The number of nitrogens with zero attached hydrogens (tertiary/aromatic N) is 4. The van der Waals surface area contributed by atoms with Gasteiger partial charge in [-0.3, -0.25) is 19.7 Å². The number of non-ortho nitro benzene ring substituents is 1. The van der Waals surface area contributed by atoms with Gasteiger partial charge >= 0.3 is 11.9 Å². The molecular formula is C23H19N6O9S2+. The average molecular weight is 588 g/mol. The second kappa shape index (κ2) is 12.5. The summed E-state index contributed by atoms with van der Waals surface area (Å²) in [5, 5.41) is 31.8. The van der Waals surface area contributed by atoms with Gasteiger partial charge in [0.05, 0.1) is 4.92 Å². The van der Waals surface area contributed by atoms with E-state index in [1.165, 1.54) is 29.6 Å². The number of carbonyl (C=O) groups excluding carboxylic acids is 4. The van der Waals surface area contributed by atoms with Crippen LogP contribution in [-0.2, 0) is 35.4 Å². The first-order chi connectivity index (χ1) is 19.2. The molecule has 2 aliphatic heterocycles. The predicted octanol–water partition coefficient (Wildman–Crippen LogP) is -0.371. The van der Waals surface area contributed by atoms with Gasteiger partial charge in [0, 0.05) is 23.3 Å². The maximum atomic E-state index is 13.1. The normalized spacial score (nSPS) is 19.9. The highest BCUT2D eigenvalue weighted by Crippen LogP contribution is 2.29. The molecule has 4 rings (SSSR count). The van der Waals surface area contributed by atoms with E-state index in [-0.39, 0.29) is 41.2 Å². The van der Waals surface area contributed by atoms with Gasteiger partial charge in [-0.1, -0.05) is 22.8 Å². The number of oxime groups is 1. The third kappa shape index (κ3) is 5.98. The smallest absolute Gasteiger partial charge is 0.422 e. The van der Waals surface area contributed by atoms with Gasteiger partial charge in [0.1, 0.15) is 18.4 Å². The maximum Gasteiger partial charge on any atom is 0.422 e. The standard InChI is InChI=1S/C23H18N6O9S2/c1-2-7-38-27-16(14-9-40-23(25-14)24-11-30)19(32)26-17-20(33)28-18(15(31)10-39-21(17)28)22(34)37-8-12-3-5-13(6-4-12)29(35)36/h1,3-6,9,11,15,17-18,31H,7-8,10H2,(H-,24,25,26,30,32)/p+1. The Balaban J connectivity index is 1.47. The minimum Gasteiger partial charge on any atom is -0.456 e. The third-order valence-electron chi connectivity index (χ3n) is 5.51. The molecule has 1 aromatic carbocycles. The first kappa shape index (κ1) is 28.4. The molecule has 0 saturated carbocycles. The number of nitro groups is 1. The Labute approximate surface area is 233 Å². The van der Waals surface area contributed by atoms with Crippen LogP contribution in [0.1, 0.15) is 11.3 Å². The molecule has 3 unspecified atom stereocenters. The summed E-state index contributed by atoms with van der Waals surface area (Å²) in [5.41, 5.74) is 0.0846. The number of rotatable bonds is 11. The lowest BCUT2D eigenvalue weighted by Crippen LogP contribution is -2.69. The fraction of sp³-hybridized carbons (Fsp3) is 0.261. The van der Waals surface area contributed by atoms with E-state index in [4.69, 9.17) is 16.0 Å². The number of terminal acetylenes is 1. The van der Waals surface area contributed by atoms with Crippen LogP contribution in [0, 0.1) is 22.5 Å². The Morgan fingerprint density at radius 3 is 2.80 bits per heavy atom. The summed E-state index contributed by atoms with van der Waals surface area (Å²) in [4.78, 5) is 68.8. The number of aromatic nitrogens is 1. The quantitative estimate of drug-likeness (QED) is 0.0452. The van der Waals surface area contributed by atoms with Crippen molar-refractivity contribution < 1.29 is 43.4 Å².